The van der Waals surface area contributed by atoms with Crippen molar-refractivity contribution in [1.29, 1.82) is 5.26 Å². The maximum Gasteiger partial charge on any atom is 0.351 e. The molecule has 0 atom stereocenters. The fraction of sp³-hybridized carbons (Fsp3) is 0.438. The predicted molar refractivity (Wildman–Crippen MR) is 92.7 cm³/mol. The molecule has 0 unspecified atom stereocenters. The summed E-state index contributed by atoms with van der Waals surface area (Å²) < 4.78 is 4.95. The van der Waals surface area contributed by atoms with Gasteiger partial charge in [-0.25, -0.2) is 9.78 Å². The van der Waals surface area contributed by atoms with E-state index in [1.165, 1.54) is 11.8 Å². The molecule has 1 N–H and O–H groups in total. The minimum absolute atomic E-state index is 0.000535. The Balaban J connectivity index is 2.92. The summed E-state index contributed by atoms with van der Waals surface area (Å²) in [4.78, 5) is 15.9. The first kappa shape index (κ1) is 19.3. The molecule has 0 aliphatic heterocycles. The van der Waals surface area contributed by atoms with Gasteiger partial charge in [0, 0.05) is 18.5 Å². The van der Waals surface area contributed by atoms with Crippen molar-refractivity contribution in [2.45, 2.75) is 27.3 Å². The molecule has 23 heavy (non-hydrogen) atoms. The van der Waals surface area contributed by atoms with Crippen molar-refractivity contribution in [1.82, 2.24) is 10.3 Å². The Hall–Kier alpha value is -1.71. The van der Waals surface area contributed by atoms with E-state index < -0.39 is 5.97 Å². The molecule has 1 heterocycles. The van der Waals surface area contributed by atoms with Crippen molar-refractivity contribution in [2.75, 3.05) is 12.4 Å². The standard InChI is InChI=1S/C16H20ClN3O2S/c1-4-22-16(21)13(7-18)15(23-10-11(2)3)20-9-12-5-6-14(17)19-8-12/h5-6,8,11,20H,4,9-10H2,1-3H3. The topological polar surface area (TPSA) is 75.0 Å². The van der Waals surface area contributed by atoms with E-state index in [0.717, 1.165) is 11.3 Å². The number of aromatic nitrogens is 1. The van der Waals surface area contributed by atoms with Gasteiger partial charge in [-0.2, -0.15) is 5.26 Å². The van der Waals surface area contributed by atoms with Gasteiger partial charge in [0.1, 0.15) is 11.2 Å². The average Bonchev–Trinajstić information content (AvgIpc) is 2.51. The molecule has 0 aliphatic carbocycles. The Bertz CT molecular complexity index is 594. The lowest BCUT2D eigenvalue weighted by molar-refractivity contribution is -0.138. The molecule has 1 aromatic heterocycles. The molecule has 1 aromatic rings. The number of nitrogens with one attached hydrogen (secondary N) is 1. The van der Waals surface area contributed by atoms with E-state index in [0.29, 0.717) is 22.6 Å². The number of hydrogen-bond acceptors (Lipinski definition) is 6. The lowest BCUT2D eigenvalue weighted by Gasteiger charge is -2.14. The second-order valence-corrected chi connectivity index (χ2v) is 6.50. The highest BCUT2D eigenvalue weighted by atomic mass is 35.5. The van der Waals surface area contributed by atoms with Crippen LogP contribution >= 0.6 is 23.4 Å². The van der Waals surface area contributed by atoms with Crippen molar-refractivity contribution in [2.24, 2.45) is 5.92 Å². The van der Waals surface area contributed by atoms with Crippen molar-refractivity contribution < 1.29 is 9.53 Å². The smallest absolute Gasteiger partial charge is 0.351 e. The molecule has 0 spiro atoms. The lowest BCUT2D eigenvalue weighted by Crippen LogP contribution is -2.18. The van der Waals surface area contributed by atoms with Crippen molar-refractivity contribution in [3.63, 3.8) is 0 Å². The van der Waals surface area contributed by atoms with Gasteiger partial charge < -0.3 is 10.1 Å². The zero-order chi connectivity index (χ0) is 17.2. The molecule has 0 fully saturated rings. The highest BCUT2D eigenvalue weighted by Gasteiger charge is 2.17. The second kappa shape index (κ2) is 10.1. The lowest BCUT2D eigenvalue weighted by atomic mass is 10.3. The number of carbonyl (C=O) groups excluding carboxylic acids is 1. The Morgan fingerprint density at radius 3 is 2.78 bits per heavy atom. The molecule has 0 saturated heterocycles. The summed E-state index contributed by atoms with van der Waals surface area (Å²) in [5, 5.41) is 13.4. The van der Waals surface area contributed by atoms with Crippen LogP contribution in [0.2, 0.25) is 5.15 Å². The monoisotopic (exact) mass is 353 g/mol. The van der Waals surface area contributed by atoms with E-state index in [1.807, 2.05) is 12.1 Å². The van der Waals surface area contributed by atoms with Gasteiger partial charge in [0.25, 0.3) is 0 Å². The van der Waals surface area contributed by atoms with Crippen LogP contribution in [0.3, 0.4) is 0 Å². The highest BCUT2D eigenvalue weighted by molar-refractivity contribution is 8.03. The van der Waals surface area contributed by atoms with Crippen LogP contribution in [0.4, 0.5) is 0 Å². The second-order valence-electron chi connectivity index (χ2n) is 5.08. The van der Waals surface area contributed by atoms with Gasteiger partial charge in [-0.05, 0) is 24.5 Å². The van der Waals surface area contributed by atoms with E-state index >= 15 is 0 Å². The third kappa shape index (κ3) is 6.93. The predicted octanol–water partition coefficient (Wildman–Crippen LogP) is 3.51. The number of nitriles is 1. The van der Waals surface area contributed by atoms with Crippen LogP contribution in [0.5, 0.6) is 0 Å². The van der Waals surface area contributed by atoms with E-state index in [2.05, 4.69) is 24.1 Å². The van der Waals surface area contributed by atoms with Gasteiger partial charge in [-0.15, -0.1) is 11.8 Å². The van der Waals surface area contributed by atoms with Crippen molar-refractivity contribution in [3.8, 4) is 6.07 Å². The van der Waals surface area contributed by atoms with Crippen molar-refractivity contribution >= 4 is 29.3 Å². The number of halogens is 1. The summed E-state index contributed by atoms with van der Waals surface area (Å²) in [6.45, 7) is 6.53. The number of thioether (sulfide) groups is 1. The highest BCUT2D eigenvalue weighted by Crippen LogP contribution is 2.21. The fourth-order valence-electron chi connectivity index (χ4n) is 1.55. The van der Waals surface area contributed by atoms with Crippen LogP contribution in [0, 0.1) is 17.2 Å². The molecule has 0 amide bonds. The van der Waals surface area contributed by atoms with Gasteiger partial charge >= 0.3 is 5.97 Å². The first-order valence-corrected chi connectivity index (χ1v) is 8.62. The zero-order valence-corrected chi connectivity index (χ0v) is 15.0. The molecular formula is C16H20ClN3O2S. The molecule has 0 radical (unpaired) electrons. The minimum atomic E-state index is -0.608. The number of rotatable bonds is 8. The number of esters is 1. The quantitative estimate of drug-likeness (QED) is 0.333. The molecule has 5 nitrogen and oxygen atoms in total. The molecule has 0 aliphatic rings. The third-order valence-electron chi connectivity index (χ3n) is 2.62. The molecular weight excluding hydrogens is 334 g/mol. The molecule has 1 rings (SSSR count). The Labute approximate surface area is 146 Å². The average molecular weight is 354 g/mol. The van der Waals surface area contributed by atoms with E-state index in [-0.39, 0.29) is 12.2 Å². The Morgan fingerprint density at radius 1 is 1.52 bits per heavy atom. The Morgan fingerprint density at radius 2 is 2.26 bits per heavy atom. The summed E-state index contributed by atoms with van der Waals surface area (Å²) >= 11 is 7.20. The van der Waals surface area contributed by atoms with Gasteiger partial charge in [0.05, 0.1) is 11.6 Å². The number of pyridine rings is 1. The normalized spacial score (nSPS) is 11.7. The largest absolute Gasteiger partial charge is 0.462 e. The van der Waals surface area contributed by atoms with Gasteiger partial charge in [0.2, 0.25) is 0 Å². The number of ether oxygens (including phenoxy) is 1. The third-order valence-corrected chi connectivity index (χ3v) is 4.32. The molecule has 0 saturated carbocycles. The van der Waals surface area contributed by atoms with E-state index in [9.17, 15) is 10.1 Å². The summed E-state index contributed by atoms with van der Waals surface area (Å²) in [5.74, 6) is 0.602. The summed E-state index contributed by atoms with van der Waals surface area (Å²) in [6, 6.07) is 5.47. The maximum absolute atomic E-state index is 11.9. The number of nitrogens with zero attached hydrogens (tertiary/aromatic N) is 2. The van der Waals surface area contributed by atoms with Gasteiger partial charge in [0.15, 0.2) is 5.57 Å². The Kier molecular flexibility index (Phi) is 8.52. The molecule has 0 bridgehead atoms. The van der Waals surface area contributed by atoms with Gasteiger partial charge in [-0.3, -0.25) is 0 Å². The first-order chi connectivity index (χ1) is 11.0. The first-order valence-electron chi connectivity index (χ1n) is 7.26. The van der Waals surface area contributed by atoms with Gasteiger partial charge in [-0.1, -0.05) is 31.5 Å². The summed E-state index contributed by atoms with van der Waals surface area (Å²) in [6.07, 6.45) is 1.65. The zero-order valence-electron chi connectivity index (χ0n) is 13.4. The summed E-state index contributed by atoms with van der Waals surface area (Å²) in [5.41, 5.74) is 0.901. The van der Waals surface area contributed by atoms with Crippen LogP contribution in [0.15, 0.2) is 28.9 Å². The SMILES string of the molecule is CCOC(=O)C(C#N)=C(NCc1ccc(Cl)nc1)SCC(C)C. The minimum Gasteiger partial charge on any atom is -0.462 e. The number of carbonyl (C=O) groups is 1. The number of hydrogen-bond donors (Lipinski definition) is 1. The fourth-order valence-corrected chi connectivity index (χ4v) is 2.61. The molecule has 7 heteroatoms. The van der Waals surface area contributed by atoms with Crippen LogP contribution in [0.1, 0.15) is 26.3 Å². The molecule has 0 aromatic carbocycles. The summed E-state index contributed by atoms with van der Waals surface area (Å²) in [7, 11) is 0. The maximum atomic E-state index is 11.9. The van der Waals surface area contributed by atoms with Crippen LogP contribution in [0.25, 0.3) is 0 Å². The molecule has 124 valence electrons. The van der Waals surface area contributed by atoms with Crippen molar-refractivity contribution in [3.05, 3.63) is 39.6 Å². The van der Waals surface area contributed by atoms with Crippen LogP contribution in [-0.2, 0) is 16.1 Å². The van der Waals surface area contributed by atoms with E-state index in [4.69, 9.17) is 16.3 Å². The van der Waals surface area contributed by atoms with E-state index in [1.54, 1.807) is 19.2 Å². The van der Waals surface area contributed by atoms with Crippen LogP contribution in [-0.4, -0.2) is 23.3 Å². The van der Waals surface area contributed by atoms with Crippen LogP contribution < -0.4 is 5.32 Å².